The van der Waals surface area contributed by atoms with Gasteiger partial charge in [-0.2, -0.15) is 13.2 Å². The third-order valence-corrected chi connectivity index (χ3v) is 8.07. The molecule has 0 unspecified atom stereocenters. The first-order valence-corrected chi connectivity index (χ1v) is 13.4. The molecule has 1 N–H and O–H groups in total. The number of aliphatic carboxylic acids is 1. The number of carbonyl (C=O) groups excluding carboxylic acids is 1. The smallest absolute Gasteiger partial charge is 0.416 e. The van der Waals surface area contributed by atoms with Gasteiger partial charge in [0.1, 0.15) is 5.75 Å². The molecule has 0 bridgehead atoms. The maximum atomic E-state index is 13.8. The van der Waals surface area contributed by atoms with Crippen molar-refractivity contribution in [3.8, 4) is 11.5 Å². The minimum atomic E-state index is -4.61. The zero-order valence-corrected chi connectivity index (χ0v) is 22.3. The number of anilines is 1. The first-order valence-electron chi connectivity index (χ1n) is 13.0. The number of nitrogens with zero attached hydrogens (tertiary/aromatic N) is 2. The first-order chi connectivity index (χ1) is 18.0. The van der Waals surface area contributed by atoms with Gasteiger partial charge < -0.3 is 19.6 Å². The molecule has 6 nitrogen and oxygen atoms in total. The number of carboxylic acid groups (broad SMARTS) is 1. The van der Waals surface area contributed by atoms with E-state index in [1.54, 1.807) is 0 Å². The number of carboxylic acids is 1. The highest BCUT2D eigenvalue weighted by atomic mass is 35.5. The van der Waals surface area contributed by atoms with Gasteiger partial charge in [-0.05, 0) is 61.8 Å². The number of amides is 1. The molecule has 4 rings (SSSR count). The number of benzene rings is 2. The Kier molecular flexibility index (Phi) is 8.28. The van der Waals surface area contributed by atoms with Crippen molar-refractivity contribution in [1.82, 2.24) is 4.90 Å². The standard InChI is InChI=1S/C28H32ClF3N2O4/c1-3-33(4-2)13-14-34-22-10-9-18(28(30,31)32)15-24(22)38-23-17-20(21(29)16-19(23)25(34)35)27(26(36)37)11-7-5-6-8-12-27/h9-10,15-17H,3-8,11-14H2,1-2H3,(H,36,37). The molecule has 2 aromatic carbocycles. The van der Waals surface area contributed by atoms with Crippen LogP contribution in [0, 0.1) is 0 Å². The van der Waals surface area contributed by atoms with E-state index in [4.69, 9.17) is 16.3 Å². The summed E-state index contributed by atoms with van der Waals surface area (Å²) in [5.41, 5.74) is -1.55. The van der Waals surface area contributed by atoms with Gasteiger partial charge in [-0.15, -0.1) is 0 Å². The number of ether oxygens (including phenoxy) is 1. The van der Waals surface area contributed by atoms with Crippen LogP contribution in [0.25, 0.3) is 0 Å². The Labute approximate surface area is 225 Å². The van der Waals surface area contributed by atoms with E-state index >= 15 is 0 Å². The highest BCUT2D eigenvalue weighted by Gasteiger charge is 2.43. The normalized spacial score (nSPS) is 17.3. The van der Waals surface area contributed by atoms with Crippen LogP contribution in [0.15, 0.2) is 30.3 Å². The third kappa shape index (κ3) is 5.36. The van der Waals surface area contributed by atoms with Gasteiger partial charge in [-0.3, -0.25) is 9.59 Å². The molecule has 1 saturated carbocycles. The second-order valence-corrected chi connectivity index (χ2v) is 10.3. The molecule has 2 aromatic rings. The lowest BCUT2D eigenvalue weighted by Crippen LogP contribution is -2.38. The largest absolute Gasteiger partial charge is 0.481 e. The van der Waals surface area contributed by atoms with Crippen LogP contribution >= 0.6 is 11.6 Å². The number of alkyl halides is 3. The van der Waals surface area contributed by atoms with E-state index in [9.17, 15) is 27.9 Å². The Morgan fingerprint density at radius 1 is 1.08 bits per heavy atom. The number of rotatable bonds is 7. The Bertz CT molecular complexity index is 1210. The second kappa shape index (κ2) is 11.1. The van der Waals surface area contributed by atoms with E-state index < -0.39 is 29.0 Å². The lowest BCUT2D eigenvalue weighted by atomic mass is 9.74. The second-order valence-electron chi connectivity index (χ2n) is 9.90. The van der Waals surface area contributed by atoms with E-state index in [0.29, 0.717) is 37.8 Å². The summed E-state index contributed by atoms with van der Waals surface area (Å²) in [6, 6.07) is 5.92. The van der Waals surface area contributed by atoms with Crippen molar-refractivity contribution in [3.63, 3.8) is 0 Å². The van der Waals surface area contributed by atoms with Gasteiger partial charge in [0.15, 0.2) is 5.75 Å². The molecule has 1 aliphatic heterocycles. The molecule has 38 heavy (non-hydrogen) atoms. The fraction of sp³-hybridized carbons (Fsp3) is 0.500. The number of hydrogen-bond donors (Lipinski definition) is 1. The zero-order chi connectivity index (χ0) is 27.7. The van der Waals surface area contributed by atoms with Gasteiger partial charge in [0.05, 0.1) is 22.2 Å². The number of fused-ring (bicyclic) bond motifs is 2. The molecular weight excluding hydrogens is 521 g/mol. The summed E-state index contributed by atoms with van der Waals surface area (Å²) in [5.74, 6) is -1.60. The van der Waals surface area contributed by atoms with Gasteiger partial charge in [-0.25, -0.2) is 0 Å². The molecule has 206 valence electrons. The summed E-state index contributed by atoms with van der Waals surface area (Å²) in [4.78, 5) is 29.9. The predicted molar refractivity (Wildman–Crippen MR) is 139 cm³/mol. The maximum Gasteiger partial charge on any atom is 0.416 e. The minimum Gasteiger partial charge on any atom is -0.481 e. The van der Waals surface area contributed by atoms with Gasteiger partial charge >= 0.3 is 12.1 Å². The molecular formula is C28H32ClF3N2O4. The molecule has 0 spiro atoms. The average molecular weight is 553 g/mol. The van der Waals surface area contributed by atoms with Crippen LogP contribution in [0.3, 0.4) is 0 Å². The van der Waals surface area contributed by atoms with Crippen LogP contribution in [0.1, 0.15) is 73.9 Å². The van der Waals surface area contributed by atoms with Crippen molar-refractivity contribution >= 4 is 29.2 Å². The lowest BCUT2D eigenvalue weighted by molar-refractivity contribution is -0.144. The summed E-state index contributed by atoms with van der Waals surface area (Å²) < 4.78 is 46.8. The van der Waals surface area contributed by atoms with Gasteiger partial charge in [0.25, 0.3) is 5.91 Å². The molecule has 1 aliphatic carbocycles. The van der Waals surface area contributed by atoms with Crippen LogP contribution in [0.4, 0.5) is 18.9 Å². The van der Waals surface area contributed by atoms with Crippen molar-refractivity contribution in [2.45, 2.75) is 64.0 Å². The van der Waals surface area contributed by atoms with Crippen LogP contribution in [-0.2, 0) is 16.4 Å². The fourth-order valence-corrected chi connectivity index (χ4v) is 5.82. The molecule has 0 radical (unpaired) electrons. The molecule has 1 amide bonds. The van der Waals surface area contributed by atoms with Crippen molar-refractivity contribution in [3.05, 3.63) is 52.0 Å². The third-order valence-electron chi connectivity index (χ3n) is 7.76. The van der Waals surface area contributed by atoms with Gasteiger partial charge in [0.2, 0.25) is 0 Å². The Balaban J connectivity index is 1.87. The summed E-state index contributed by atoms with van der Waals surface area (Å²) in [5, 5.41) is 10.4. The highest BCUT2D eigenvalue weighted by molar-refractivity contribution is 6.32. The van der Waals surface area contributed by atoms with Crippen LogP contribution in [0.2, 0.25) is 5.02 Å². The van der Waals surface area contributed by atoms with Crippen LogP contribution in [-0.4, -0.2) is 48.1 Å². The molecule has 10 heteroatoms. The minimum absolute atomic E-state index is 0.00480. The summed E-state index contributed by atoms with van der Waals surface area (Å²) >= 11 is 6.67. The Hall–Kier alpha value is -2.78. The lowest BCUT2D eigenvalue weighted by Gasteiger charge is -2.30. The van der Waals surface area contributed by atoms with Crippen LogP contribution in [0.5, 0.6) is 11.5 Å². The number of hydrogen-bond acceptors (Lipinski definition) is 4. The fourth-order valence-electron chi connectivity index (χ4n) is 5.47. The topological polar surface area (TPSA) is 70.1 Å². The van der Waals surface area contributed by atoms with E-state index in [1.165, 1.54) is 23.1 Å². The predicted octanol–water partition coefficient (Wildman–Crippen LogP) is 7.13. The Morgan fingerprint density at radius 3 is 2.32 bits per heavy atom. The van der Waals surface area contributed by atoms with E-state index in [-0.39, 0.29) is 34.3 Å². The molecule has 0 aromatic heterocycles. The summed E-state index contributed by atoms with van der Waals surface area (Å²) in [6.45, 7) is 6.20. The van der Waals surface area contributed by atoms with E-state index in [1.807, 2.05) is 13.8 Å². The van der Waals surface area contributed by atoms with Crippen molar-refractivity contribution < 1.29 is 32.6 Å². The molecule has 1 fully saturated rings. The highest BCUT2D eigenvalue weighted by Crippen LogP contribution is 2.47. The van der Waals surface area contributed by atoms with Crippen molar-refractivity contribution in [2.24, 2.45) is 0 Å². The quantitative estimate of drug-likeness (QED) is 0.370. The van der Waals surface area contributed by atoms with Gasteiger partial charge in [-0.1, -0.05) is 51.1 Å². The first kappa shape index (κ1) is 28.2. The summed E-state index contributed by atoms with van der Waals surface area (Å²) in [7, 11) is 0. The summed E-state index contributed by atoms with van der Waals surface area (Å²) in [6.07, 6.45) is -0.641. The van der Waals surface area contributed by atoms with Crippen LogP contribution < -0.4 is 9.64 Å². The molecule has 1 heterocycles. The Morgan fingerprint density at radius 2 is 1.74 bits per heavy atom. The van der Waals surface area contributed by atoms with E-state index in [2.05, 4.69) is 4.90 Å². The SMILES string of the molecule is CCN(CC)CCN1C(=O)c2cc(Cl)c(C3(C(=O)O)CCCCCC3)cc2Oc2cc(C(F)(F)F)ccc21. The van der Waals surface area contributed by atoms with Crippen molar-refractivity contribution in [2.75, 3.05) is 31.1 Å². The number of halogens is 4. The van der Waals surface area contributed by atoms with Crippen molar-refractivity contribution in [1.29, 1.82) is 0 Å². The zero-order valence-electron chi connectivity index (χ0n) is 21.5. The molecule has 0 saturated heterocycles. The number of carbonyl (C=O) groups is 2. The number of likely N-dealkylation sites (N-methyl/N-ethyl adjacent to an activating group) is 1. The monoisotopic (exact) mass is 552 g/mol. The average Bonchev–Trinajstić information content (AvgIpc) is 3.19. The molecule has 2 aliphatic rings. The van der Waals surface area contributed by atoms with Gasteiger partial charge in [0, 0.05) is 18.1 Å². The molecule has 0 atom stereocenters. The maximum absolute atomic E-state index is 13.8. The van der Waals surface area contributed by atoms with E-state index in [0.717, 1.165) is 38.1 Å².